The van der Waals surface area contributed by atoms with Crippen LogP contribution in [0.3, 0.4) is 0 Å². The number of rotatable bonds is 3. The van der Waals surface area contributed by atoms with E-state index < -0.39 is 0 Å². The number of aliphatic hydroxyl groups is 1. The van der Waals surface area contributed by atoms with E-state index in [-0.39, 0.29) is 6.61 Å². The molecule has 0 unspecified atom stereocenters. The van der Waals surface area contributed by atoms with Crippen molar-refractivity contribution in [2.75, 3.05) is 6.61 Å². The van der Waals surface area contributed by atoms with Crippen molar-refractivity contribution in [2.45, 2.75) is 6.42 Å². The van der Waals surface area contributed by atoms with E-state index in [0.29, 0.717) is 18.2 Å². The van der Waals surface area contributed by atoms with Crippen molar-refractivity contribution in [2.24, 2.45) is 0 Å². The molecule has 0 aliphatic heterocycles. The SMILES string of the molecule is OCCc1nnc(-c2ccc[nH]2)o1. The van der Waals surface area contributed by atoms with E-state index in [2.05, 4.69) is 15.2 Å². The Labute approximate surface area is 74.4 Å². The van der Waals surface area contributed by atoms with Gasteiger partial charge < -0.3 is 14.5 Å². The summed E-state index contributed by atoms with van der Waals surface area (Å²) in [6.07, 6.45) is 2.18. The van der Waals surface area contributed by atoms with E-state index in [4.69, 9.17) is 9.52 Å². The summed E-state index contributed by atoms with van der Waals surface area (Å²) in [5.41, 5.74) is 0.789. The van der Waals surface area contributed by atoms with Crippen LogP contribution in [0, 0.1) is 0 Å². The third-order valence-electron chi connectivity index (χ3n) is 1.62. The molecule has 0 spiro atoms. The first-order valence-electron chi connectivity index (χ1n) is 3.97. The van der Waals surface area contributed by atoms with Gasteiger partial charge in [0.05, 0.1) is 6.61 Å². The van der Waals surface area contributed by atoms with E-state index in [1.807, 2.05) is 12.1 Å². The minimum Gasteiger partial charge on any atom is -0.419 e. The van der Waals surface area contributed by atoms with Crippen LogP contribution in [0.2, 0.25) is 0 Å². The number of aromatic nitrogens is 3. The van der Waals surface area contributed by atoms with Gasteiger partial charge in [0.2, 0.25) is 5.89 Å². The maximum atomic E-state index is 8.62. The predicted octanol–water partition coefficient (Wildman–Crippen LogP) is 0.599. The van der Waals surface area contributed by atoms with Gasteiger partial charge in [-0.3, -0.25) is 0 Å². The van der Waals surface area contributed by atoms with E-state index in [9.17, 15) is 0 Å². The first-order valence-corrected chi connectivity index (χ1v) is 3.97. The van der Waals surface area contributed by atoms with Crippen molar-refractivity contribution in [3.05, 3.63) is 24.2 Å². The van der Waals surface area contributed by atoms with Crippen molar-refractivity contribution in [3.63, 3.8) is 0 Å². The van der Waals surface area contributed by atoms with Crippen molar-refractivity contribution in [3.8, 4) is 11.6 Å². The predicted molar refractivity (Wildman–Crippen MR) is 44.9 cm³/mol. The van der Waals surface area contributed by atoms with Gasteiger partial charge in [-0.15, -0.1) is 10.2 Å². The summed E-state index contributed by atoms with van der Waals surface area (Å²) in [5, 5.41) is 16.2. The van der Waals surface area contributed by atoms with Gasteiger partial charge in [0.25, 0.3) is 5.89 Å². The van der Waals surface area contributed by atoms with Gasteiger partial charge in [-0.05, 0) is 12.1 Å². The monoisotopic (exact) mass is 179 g/mol. The maximum absolute atomic E-state index is 8.62. The zero-order chi connectivity index (χ0) is 9.10. The number of nitrogens with zero attached hydrogens (tertiary/aromatic N) is 2. The fraction of sp³-hybridized carbons (Fsp3) is 0.250. The van der Waals surface area contributed by atoms with Crippen LogP contribution in [0.25, 0.3) is 11.6 Å². The summed E-state index contributed by atoms with van der Waals surface area (Å²) in [4.78, 5) is 2.95. The average molecular weight is 179 g/mol. The molecule has 5 heteroatoms. The highest BCUT2D eigenvalue weighted by atomic mass is 16.4. The van der Waals surface area contributed by atoms with Gasteiger partial charge in [0.1, 0.15) is 5.69 Å². The minimum absolute atomic E-state index is 0.0202. The molecular formula is C8H9N3O2. The highest BCUT2D eigenvalue weighted by Crippen LogP contribution is 2.14. The third-order valence-corrected chi connectivity index (χ3v) is 1.62. The lowest BCUT2D eigenvalue weighted by Crippen LogP contribution is -1.89. The molecule has 0 fully saturated rings. The quantitative estimate of drug-likeness (QED) is 0.723. The Morgan fingerprint density at radius 1 is 1.46 bits per heavy atom. The summed E-state index contributed by atoms with van der Waals surface area (Å²) in [7, 11) is 0. The molecule has 2 rings (SSSR count). The molecule has 0 saturated heterocycles. The van der Waals surface area contributed by atoms with Gasteiger partial charge >= 0.3 is 0 Å². The molecule has 2 aromatic heterocycles. The second-order valence-corrected chi connectivity index (χ2v) is 2.56. The third kappa shape index (κ3) is 1.59. The van der Waals surface area contributed by atoms with Crippen molar-refractivity contribution < 1.29 is 9.52 Å². The summed E-state index contributed by atoms with van der Waals surface area (Å²) in [5.74, 6) is 0.903. The van der Waals surface area contributed by atoms with Gasteiger partial charge in [0, 0.05) is 12.6 Å². The smallest absolute Gasteiger partial charge is 0.264 e. The molecule has 13 heavy (non-hydrogen) atoms. The summed E-state index contributed by atoms with van der Waals surface area (Å²) < 4.78 is 5.25. The highest BCUT2D eigenvalue weighted by Gasteiger charge is 2.07. The molecule has 0 aromatic carbocycles. The topological polar surface area (TPSA) is 74.9 Å². The largest absolute Gasteiger partial charge is 0.419 e. The highest BCUT2D eigenvalue weighted by molar-refractivity contribution is 5.45. The van der Waals surface area contributed by atoms with E-state index in [1.54, 1.807) is 6.20 Å². The second-order valence-electron chi connectivity index (χ2n) is 2.56. The van der Waals surface area contributed by atoms with Gasteiger partial charge in [0.15, 0.2) is 0 Å². The van der Waals surface area contributed by atoms with Crippen molar-refractivity contribution >= 4 is 0 Å². The standard InChI is InChI=1S/C8H9N3O2/c12-5-3-7-10-11-8(13-7)6-2-1-4-9-6/h1-2,4,9,12H,3,5H2. The molecule has 0 amide bonds. The van der Waals surface area contributed by atoms with Crippen LogP contribution in [0.5, 0.6) is 0 Å². The Bertz CT molecular complexity index is 366. The number of nitrogens with one attached hydrogen (secondary N) is 1. The van der Waals surface area contributed by atoms with Crippen LogP contribution >= 0.6 is 0 Å². The number of hydrogen-bond donors (Lipinski definition) is 2. The molecule has 5 nitrogen and oxygen atoms in total. The molecule has 2 N–H and O–H groups in total. The van der Waals surface area contributed by atoms with Gasteiger partial charge in [-0.25, -0.2) is 0 Å². The number of hydrogen-bond acceptors (Lipinski definition) is 4. The first kappa shape index (κ1) is 8.00. The molecule has 2 aromatic rings. The van der Waals surface area contributed by atoms with Crippen LogP contribution in [0.1, 0.15) is 5.89 Å². The van der Waals surface area contributed by atoms with E-state index >= 15 is 0 Å². The summed E-state index contributed by atoms with van der Waals surface area (Å²) in [6.45, 7) is 0.0202. The van der Waals surface area contributed by atoms with E-state index in [0.717, 1.165) is 5.69 Å². The number of aromatic amines is 1. The molecule has 0 radical (unpaired) electrons. The molecular weight excluding hydrogens is 170 g/mol. The summed E-state index contributed by atoms with van der Waals surface area (Å²) in [6, 6.07) is 3.70. The van der Waals surface area contributed by atoms with Crippen LogP contribution < -0.4 is 0 Å². The zero-order valence-electron chi connectivity index (χ0n) is 6.90. The summed E-state index contributed by atoms with van der Waals surface area (Å²) >= 11 is 0. The Hall–Kier alpha value is -1.62. The molecule has 2 heterocycles. The van der Waals surface area contributed by atoms with Crippen LogP contribution in [0.4, 0.5) is 0 Å². The fourth-order valence-electron chi connectivity index (χ4n) is 1.02. The number of aliphatic hydroxyl groups excluding tert-OH is 1. The van der Waals surface area contributed by atoms with Crippen LogP contribution in [0.15, 0.2) is 22.7 Å². The average Bonchev–Trinajstić information content (AvgIpc) is 2.70. The van der Waals surface area contributed by atoms with Gasteiger partial charge in [-0.1, -0.05) is 0 Å². The Morgan fingerprint density at radius 2 is 2.38 bits per heavy atom. The van der Waals surface area contributed by atoms with Gasteiger partial charge in [-0.2, -0.15) is 0 Å². The number of H-pyrrole nitrogens is 1. The van der Waals surface area contributed by atoms with Crippen molar-refractivity contribution in [1.82, 2.24) is 15.2 Å². The van der Waals surface area contributed by atoms with Crippen LogP contribution in [-0.2, 0) is 6.42 Å². The normalized spacial score (nSPS) is 10.5. The molecule has 0 atom stereocenters. The molecule has 68 valence electrons. The molecule has 0 saturated carbocycles. The van der Waals surface area contributed by atoms with E-state index in [1.165, 1.54) is 0 Å². The first-order chi connectivity index (χ1) is 6.40. The fourth-order valence-corrected chi connectivity index (χ4v) is 1.02. The molecule has 0 aliphatic rings. The Kier molecular flexibility index (Phi) is 2.09. The van der Waals surface area contributed by atoms with Crippen LogP contribution in [-0.4, -0.2) is 26.9 Å². The minimum atomic E-state index is 0.0202. The lowest BCUT2D eigenvalue weighted by Gasteiger charge is -1.87. The Balaban J connectivity index is 2.23. The Morgan fingerprint density at radius 3 is 3.08 bits per heavy atom. The lowest BCUT2D eigenvalue weighted by atomic mass is 10.4. The molecule has 0 bridgehead atoms. The van der Waals surface area contributed by atoms with Crippen molar-refractivity contribution in [1.29, 1.82) is 0 Å². The maximum Gasteiger partial charge on any atom is 0.264 e. The second kappa shape index (κ2) is 3.40. The zero-order valence-corrected chi connectivity index (χ0v) is 6.90. The molecule has 0 aliphatic carbocycles. The lowest BCUT2D eigenvalue weighted by molar-refractivity contribution is 0.285.